The molecule has 2 fully saturated rings. The van der Waals surface area contributed by atoms with E-state index in [9.17, 15) is 0 Å². The van der Waals surface area contributed by atoms with Gasteiger partial charge in [-0.25, -0.2) is 0 Å². The lowest BCUT2D eigenvalue weighted by Crippen LogP contribution is -2.31. The van der Waals surface area contributed by atoms with Crippen molar-refractivity contribution in [2.24, 2.45) is 5.92 Å². The smallest absolute Gasteiger partial charge is 0.231 e. The Morgan fingerprint density at radius 2 is 1.89 bits per heavy atom. The number of halogens is 1. The normalized spacial score (nSPS) is 21.3. The molecule has 2 aliphatic rings. The number of aromatic nitrogens is 3. The summed E-state index contributed by atoms with van der Waals surface area (Å²) in [4.78, 5) is 15.2. The number of hydrogen-bond acceptors (Lipinski definition) is 5. The van der Waals surface area contributed by atoms with Crippen LogP contribution in [0.3, 0.4) is 0 Å². The number of anilines is 2. The van der Waals surface area contributed by atoms with Crippen LogP contribution < -0.4 is 10.2 Å². The summed E-state index contributed by atoms with van der Waals surface area (Å²) in [6.45, 7) is 4.20. The summed E-state index contributed by atoms with van der Waals surface area (Å²) < 4.78 is 0. The molecule has 19 heavy (non-hydrogen) atoms. The fraction of sp³-hybridized carbons (Fsp3) is 0.769. The Bertz CT molecular complexity index is 443. The maximum atomic E-state index is 6.02. The fourth-order valence-electron chi connectivity index (χ4n) is 2.56. The summed E-state index contributed by atoms with van der Waals surface area (Å²) in [7, 11) is 0. The topological polar surface area (TPSA) is 53.9 Å². The van der Waals surface area contributed by atoms with Crippen LogP contribution in [-0.2, 0) is 0 Å². The third-order valence-corrected chi connectivity index (χ3v) is 4.09. The van der Waals surface area contributed by atoms with Crippen molar-refractivity contribution in [2.75, 3.05) is 23.3 Å². The van der Waals surface area contributed by atoms with Crippen molar-refractivity contribution in [1.29, 1.82) is 0 Å². The Morgan fingerprint density at radius 3 is 2.58 bits per heavy atom. The predicted molar refractivity (Wildman–Crippen MR) is 76.7 cm³/mol. The van der Waals surface area contributed by atoms with Gasteiger partial charge in [0.15, 0.2) is 0 Å². The molecular formula is C13H20ClN5. The van der Waals surface area contributed by atoms with E-state index in [2.05, 4.69) is 32.1 Å². The van der Waals surface area contributed by atoms with Crippen molar-refractivity contribution < 1.29 is 0 Å². The molecule has 1 saturated carbocycles. The summed E-state index contributed by atoms with van der Waals surface area (Å²) in [5.74, 6) is 2.08. The molecule has 0 radical (unpaired) electrons. The van der Waals surface area contributed by atoms with Crippen LogP contribution in [0.1, 0.15) is 39.0 Å². The minimum Gasteiger partial charge on any atom is -0.351 e. The average Bonchev–Trinajstić information content (AvgIpc) is 3.23. The van der Waals surface area contributed by atoms with E-state index in [0.29, 0.717) is 17.9 Å². The van der Waals surface area contributed by atoms with Crippen molar-refractivity contribution in [3.63, 3.8) is 0 Å². The Balaban J connectivity index is 1.74. The van der Waals surface area contributed by atoms with Crippen molar-refractivity contribution in [3.8, 4) is 0 Å². The van der Waals surface area contributed by atoms with E-state index in [1.165, 1.54) is 32.1 Å². The highest BCUT2D eigenvalue weighted by atomic mass is 35.5. The zero-order valence-corrected chi connectivity index (χ0v) is 12.0. The largest absolute Gasteiger partial charge is 0.351 e. The second kappa shape index (κ2) is 5.49. The van der Waals surface area contributed by atoms with Gasteiger partial charge in [-0.15, -0.1) is 0 Å². The molecule has 0 spiro atoms. The lowest BCUT2D eigenvalue weighted by molar-refractivity contribution is 0.567. The first-order valence-corrected chi connectivity index (χ1v) is 7.53. The van der Waals surface area contributed by atoms with Crippen LogP contribution in [0, 0.1) is 5.92 Å². The van der Waals surface area contributed by atoms with Crippen LogP contribution in [0.5, 0.6) is 0 Å². The summed E-state index contributed by atoms with van der Waals surface area (Å²) >= 11 is 6.02. The van der Waals surface area contributed by atoms with Gasteiger partial charge in [-0.1, -0.05) is 0 Å². The number of hydrogen-bond donors (Lipinski definition) is 1. The molecule has 6 heteroatoms. The van der Waals surface area contributed by atoms with Gasteiger partial charge in [0.1, 0.15) is 0 Å². The van der Waals surface area contributed by atoms with Gasteiger partial charge in [-0.2, -0.15) is 15.0 Å². The van der Waals surface area contributed by atoms with Gasteiger partial charge in [0.25, 0.3) is 0 Å². The van der Waals surface area contributed by atoms with E-state index in [-0.39, 0.29) is 5.28 Å². The molecule has 2 heterocycles. The molecule has 1 aromatic heterocycles. The van der Waals surface area contributed by atoms with Gasteiger partial charge in [0.05, 0.1) is 0 Å². The first-order valence-electron chi connectivity index (χ1n) is 7.15. The summed E-state index contributed by atoms with van der Waals surface area (Å²) in [6, 6.07) is 0.410. The number of nitrogens with one attached hydrogen (secondary N) is 1. The maximum Gasteiger partial charge on any atom is 0.231 e. The number of nitrogens with zero attached hydrogens (tertiary/aromatic N) is 4. The number of rotatable bonds is 4. The van der Waals surface area contributed by atoms with Crippen LogP contribution in [0.2, 0.25) is 5.28 Å². The zero-order valence-electron chi connectivity index (χ0n) is 11.3. The van der Waals surface area contributed by atoms with E-state index in [1.54, 1.807) is 0 Å². The van der Waals surface area contributed by atoms with Crippen molar-refractivity contribution in [1.82, 2.24) is 15.0 Å². The third kappa shape index (κ3) is 3.26. The SMILES string of the molecule is CC(Nc1nc(Cl)nc(N2CCCCC2)n1)C1CC1. The molecule has 1 aliphatic carbocycles. The highest BCUT2D eigenvalue weighted by Gasteiger charge is 2.28. The fourth-order valence-corrected chi connectivity index (χ4v) is 2.71. The monoisotopic (exact) mass is 281 g/mol. The maximum absolute atomic E-state index is 6.02. The lowest BCUT2D eigenvalue weighted by atomic mass is 10.1. The molecule has 1 atom stereocenters. The summed E-state index contributed by atoms with van der Waals surface area (Å²) in [5.41, 5.74) is 0. The third-order valence-electron chi connectivity index (χ3n) is 3.92. The number of piperidine rings is 1. The first kappa shape index (κ1) is 12.9. The van der Waals surface area contributed by atoms with E-state index < -0.39 is 0 Å². The Morgan fingerprint density at radius 1 is 1.16 bits per heavy atom. The van der Waals surface area contributed by atoms with Crippen LogP contribution in [0.25, 0.3) is 0 Å². The summed E-state index contributed by atoms with van der Waals surface area (Å²) in [6.07, 6.45) is 6.28. The quantitative estimate of drug-likeness (QED) is 0.920. The van der Waals surface area contributed by atoms with E-state index in [4.69, 9.17) is 11.6 Å². The molecule has 1 N–H and O–H groups in total. The molecule has 0 amide bonds. The minimum atomic E-state index is 0.279. The molecule has 0 aromatic carbocycles. The highest BCUT2D eigenvalue weighted by Crippen LogP contribution is 2.33. The van der Waals surface area contributed by atoms with Gasteiger partial charge in [-0.3, -0.25) is 0 Å². The second-order valence-corrected chi connectivity index (χ2v) is 5.88. The molecule has 1 aliphatic heterocycles. The summed E-state index contributed by atoms with van der Waals surface area (Å²) in [5, 5.41) is 3.63. The first-order chi connectivity index (χ1) is 9.22. The molecule has 1 saturated heterocycles. The van der Waals surface area contributed by atoms with Gasteiger partial charge < -0.3 is 10.2 Å². The van der Waals surface area contributed by atoms with Gasteiger partial charge >= 0.3 is 0 Å². The minimum absolute atomic E-state index is 0.279. The van der Waals surface area contributed by atoms with Crippen LogP contribution in [-0.4, -0.2) is 34.1 Å². The van der Waals surface area contributed by atoms with Crippen molar-refractivity contribution >= 4 is 23.5 Å². The van der Waals surface area contributed by atoms with Crippen LogP contribution in [0.4, 0.5) is 11.9 Å². The van der Waals surface area contributed by atoms with Crippen molar-refractivity contribution in [2.45, 2.75) is 45.1 Å². The van der Waals surface area contributed by atoms with Crippen molar-refractivity contribution in [3.05, 3.63) is 5.28 Å². The second-order valence-electron chi connectivity index (χ2n) is 5.55. The molecule has 3 rings (SSSR count). The molecular weight excluding hydrogens is 262 g/mol. The lowest BCUT2D eigenvalue weighted by Gasteiger charge is -2.26. The Hall–Kier alpha value is -1.10. The standard InChI is InChI=1S/C13H20ClN5/c1-9(10-5-6-10)15-12-16-11(14)17-13(18-12)19-7-3-2-4-8-19/h9-10H,2-8H2,1H3,(H,15,16,17,18). The predicted octanol–water partition coefficient (Wildman–Crippen LogP) is 2.73. The molecule has 1 unspecified atom stereocenters. The van der Waals surface area contributed by atoms with Gasteiger partial charge in [-0.05, 0) is 56.5 Å². The molecule has 5 nitrogen and oxygen atoms in total. The molecule has 1 aromatic rings. The van der Waals surface area contributed by atoms with Gasteiger partial charge in [0, 0.05) is 19.1 Å². The van der Waals surface area contributed by atoms with E-state index >= 15 is 0 Å². The molecule has 0 bridgehead atoms. The Kier molecular flexibility index (Phi) is 3.73. The molecule has 104 valence electrons. The van der Waals surface area contributed by atoms with E-state index in [1.807, 2.05) is 0 Å². The average molecular weight is 282 g/mol. The van der Waals surface area contributed by atoms with E-state index in [0.717, 1.165) is 19.0 Å². The van der Waals surface area contributed by atoms with Gasteiger partial charge in [0.2, 0.25) is 17.2 Å². The van der Waals surface area contributed by atoms with Crippen LogP contribution >= 0.6 is 11.6 Å². The zero-order chi connectivity index (χ0) is 13.2. The highest BCUT2D eigenvalue weighted by molar-refractivity contribution is 6.28. The van der Waals surface area contributed by atoms with Crippen LogP contribution in [0.15, 0.2) is 0 Å². The Labute approximate surface area is 118 Å².